The molecule has 1 unspecified atom stereocenters. The number of carbonyl (C=O) groups is 1. The van der Waals surface area contributed by atoms with Crippen LogP contribution in [-0.2, 0) is 0 Å². The molecule has 1 saturated heterocycles. The molecule has 2 aromatic carbocycles. The van der Waals surface area contributed by atoms with E-state index in [-0.39, 0.29) is 17.8 Å². The van der Waals surface area contributed by atoms with Gasteiger partial charge in [0.15, 0.2) is 0 Å². The van der Waals surface area contributed by atoms with Crippen molar-refractivity contribution in [3.05, 3.63) is 69.9 Å². The van der Waals surface area contributed by atoms with Crippen molar-refractivity contribution in [1.29, 1.82) is 0 Å². The summed E-state index contributed by atoms with van der Waals surface area (Å²) >= 11 is 3.25. The number of rotatable bonds is 5. The highest BCUT2D eigenvalue weighted by molar-refractivity contribution is 9.10. The first-order chi connectivity index (χ1) is 11.6. The van der Waals surface area contributed by atoms with E-state index in [4.69, 9.17) is 0 Å². The highest BCUT2D eigenvalue weighted by atomic mass is 79.9. The van der Waals surface area contributed by atoms with Crippen molar-refractivity contribution in [2.24, 2.45) is 0 Å². The Hall–Kier alpha value is -1.72. The third-order valence-corrected chi connectivity index (χ3v) is 5.05. The van der Waals surface area contributed by atoms with Gasteiger partial charge in [0.25, 0.3) is 5.91 Å². The van der Waals surface area contributed by atoms with Gasteiger partial charge in [-0.05, 0) is 65.6 Å². The maximum atomic E-state index is 13.2. The average Bonchev–Trinajstić information content (AvgIpc) is 3.10. The van der Waals surface area contributed by atoms with Gasteiger partial charge < -0.3 is 5.32 Å². The molecule has 0 saturated carbocycles. The van der Waals surface area contributed by atoms with Gasteiger partial charge in [-0.2, -0.15) is 0 Å². The quantitative estimate of drug-likeness (QED) is 0.831. The normalized spacial score (nSPS) is 16.1. The number of hydrogen-bond donors (Lipinski definition) is 1. The fourth-order valence-electron chi connectivity index (χ4n) is 3.14. The molecule has 0 radical (unpaired) electrons. The predicted molar refractivity (Wildman–Crippen MR) is 96.4 cm³/mol. The minimum Gasteiger partial charge on any atom is -0.350 e. The molecule has 1 aliphatic heterocycles. The van der Waals surface area contributed by atoms with Crippen LogP contribution in [0.5, 0.6) is 0 Å². The summed E-state index contributed by atoms with van der Waals surface area (Å²) in [5, 5.41) is 3.00. The van der Waals surface area contributed by atoms with E-state index in [1.165, 1.54) is 36.6 Å². The first-order valence-electron chi connectivity index (χ1n) is 8.17. The minimum absolute atomic E-state index is 0.164. The van der Waals surface area contributed by atoms with E-state index in [1.807, 2.05) is 18.2 Å². The van der Waals surface area contributed by atoms with E-state index in [1.54, 1.807) is 0 Å². The van der Waals surface area contributed by atoms with Crippen molar-refractivity contribution in [2.75, 3.05) is 19.6 Å². The number of carbonyl (C=O) groups excluding carboxylic acids is 1. The molecular weight excluding hydrogens is 371 g/mol. The number of hydrogen-bond acceptors (Lipinski definition) is 2. The molecule has 3 nitrogen and oxygen atoms in total. The van der Waals surface area contributed by atoms with Gasteiger partial charge in [0.2, 0.25) is 0 Å². The van der Waals surface area contributed by atoms with Crippen LogP contribution in [0.25, 0.3) is 0 Å². The number of nitrogens with one attached hydrogen (secondary N) is 1. The first kappa shape index (κ1) is 17.1. The lowest BCUT2D eigenvalue weighted by Crippen LogP contribution is -2.36. The topological polar surface area (TPSA) is 32.3 Å². The Labute approximate surface area is 150 Å². The molecule has 1 amide bonds. The summed E-state index contributed by atoms with van der Waals surface area (Å²) in [6.45, 7) is 2.64. The van der Waals surface area contributed by atoms with Crippen LogP contribution in [0.15, 0.2) is 53.0 Å². The summed E-state index contributed by atoms with van der Waals surface area (Å²) in [5.74, 6) is -0.556. The second kappa shape index (κ2) is 7.90. The summed E-state index contributed by atoms with van der Waals surface area (Å²) in [6, 6.07) is 14.5. The van der Waals surface area contributed by atoms with Crippen LogP contribution < -0.4 is 5.32 Å². The Morgan fingerprint density at radius 2 is 1.88 bits per heavy atom. The average molecular weight is 391 g/mol. The fraction of sp³-hybridized carbons (Fsp3) is 0.316. The predicted octanol–water partition coefficient (Wildman–Crippen LogP) is 4.16. The molecule has 24 heavy (non-hydrogen) atoms. The van der Waals surface area contributed by atoms with E-state index in [0.29, 0.717) is 16.6 Å². The van der Waals surface area contributed by atoms with Crippen LogP contribution in [0.1, 0.15) is 34.8 Å². The van der Waals surface area contributed by atoms with E-state index in [9.17, 15) is 9.18 Å². The summed E-state index contributed by atoms with van der Waals surface area (Å²) < 4.78 is 13.7. The summed E-state index contributed by atoms with van der Waals surface area (Å²) in [6.07, 6.45) is 2.39. The number of nitrogens with zero attached hydrogens (tertiary/aromatic N) is 1. The van der Waals surface area contributed by atoms with Gasteiger partial charge >= 0.3 is 0 Å². The molecule has 1 fully saturated rings. The maximum Gasteiger partial charge on any atom is 0.252 e. The SMILES string of the molecule is O=C(NCC(c1ccccc1)N1CCCC1)c1ccc(F)cc1Br. The summed E-state index contributed by atoms with van der Waals surface area (Å²) in [5.41, 5.74) is 1.66. The zero-order chi connectivity index (χ0) is 16.9. The Balaban J connectivity index is 1.72. The van der Waals surface area contributed by atoms with Crippen molar-refractivity contribution >= 4 is 21.8 Å². The van der Waals surface area contributed by atoms with Gasteiger partial charge in [-0.3, -0.25) is 9.69 Å². The summed E-state index contributed by atoms with van der Waals surface area (Å²) in [7, 11) is 0. The van der Waals surface area contributed by atoms with Crippen LogP contribution in [0, 0.1) is 5.82 Å². The molecule has 0 spiro atoms. The standard InChI is InChI=1S/C19H20BrFN2O/c20-17-12-15(21)8-9-16(17)19(24)22-13-18(23-10-4-5-11-23)14-6-2-1-3-7-14/h1-3,6-9,12,18H,4-5,10-11,13H2,(H,22,24). The highest BCUT2D eigenvalue weighted by Crippen LogP contribution is 2.25. The van der Waals surface area contributed by atoms with Gasteiger partial charge in [-0.15, -0.1) is 0 Å². The third-order valence-electron chi connectivity index (χ3n) is 4.40. The Morgan fingerprint density at radius 1 is 1.17 bits per heavy atom. The van der Waals surface area contributed by atoms with Crippen molar-refractivity contribution in [2.45, 2.75) is 18.9 Å². The molecule has 2 aromatic rings. The number of amides is 1. The van der Waals surface area contributed by atoms with E-state index in [0.717, 1.165) is 13.1 Å². The molecule has 1 aliphatic rings. The molecule has 3 rings (SSSR count). The van der Waals surface area contributed by atoms with Crippen LogP contribution >= 0.6 is 15.9 Å². The molecule has 1 atom stereocenters. The van der Waals surface area contributed by atoms with Crippen LogP contribution in [0.2, 0.25) is 0 Å². The van der Waals surface area contributed by atoms with Gasteiger partial charge in [-0.25, -0.2) is 4.39 Å². The largest absolute Gasteiger partial charge is 0.350 e. The number of likely N-dealkylation sites (tertiary alicyclic amines) is 1. The van der Waals surface area contributed by atoms with Crippen LogP contribution in [0.4, 0.5) is 4.39 Å². The number of benzene rings is 2. The van der Waals surface area contributed by atoms with E-state index in [2.05, 4.69) is 38.3 Å². The molecule has 0 bridgehead atoms. The molecule has 126 valence electrons. The van der Waals surface area contributed by atoms with Gasteiger partial charge in [-0.1, -0.05) is 30.3 Å². The van der Waals surface area contributed by atoms with E-state index < -0.39 is 0 Å². The molecule has 0 aromatic heterocycles. The van der Waals surface area contributed by atoms with Crippen molar-refractivity contribution < 1.29 is 9.18 Å². The highest BCUT2D eigenvalue weighted by Gasteiger charge is 2.24. The zero-order valence-electron chi connectivity index (χ0n) is 13.3. The van der Waals surface area contributed by atoms with Crippen molar-refractivity contribution in [3.63, 3.8) is 0 Å². The van der Waals surface area contributed by atoms with Crippen LogP contribution in [0.3, 0.4) is 0 Å². The van der Waals surface area contributed by atoms with Gasteiger partial charge in [0, 0.05) is 11.0 Å². The summed E-state index contributed by atoms with van der Waals surface area (Å²) in [4.78, 5) is 14.9. The molecule has 5 heteroatoms. The Morgan fingerprint density at radius 3 is 2.54 bits per heavy atom. The second-order valence-corrected chi connectivity index (χ2v) is 6.86. The smallest absolute Gasteiger partial charge is 0.252 e. The third kappa shape index (κ3) is 4.02. The van der Waals surface area contributed by atoms with Crippen LogP contribution in [-0.4, -0.2) is 30.4 Å². The minimum atomic E-state index is -0.363. The maximum absolute atomic E-state index is 13.2. The van der Waals surface area contributed by atoms with Gasteiger partial charge in [0.1, 0.15) is 5.82 Å². The molecule has 1 heterocycles. The lowest BCUT2D eigenvalue weighted by molar-refractivity contribution is 0.0937. The molecular formula is C19H20BrFN2O. The van der Waals surface area contributed by atoms with E-state index >= 15 is 0 Å². The van der Waals surface area contributed by atoms with Crippen molar-refractivity contribution in [3.8, 4) is 0 Å². The van der Waals surface area contributed by atoms with Crippen molar-refractivity contribution in [1.82, 2.24) is 10.2 Å². The fourth-order valence-corrected chi connectivity index (χ4v) is 3.68. The Kier molecular flexibility index (Phi) is 5.63. The molecule has 0 aliphatic carbocycles. The lowest BCUT2D eigenvalue weighted by Gasteiger charge is -2.28. The lowest BCUT2D eigenvalue weighted by atomic mass is 10.1. The Bertz CT molecular complexity index is 702. The monoisotopic (exact) mass is 390 g/mol. The second-order valence-electron chi connectivity index (χ2n) is 6.00. The zero-order valence-corrected chi connectivity index (χ0v) is 14.9. The number of halogens is 2. The molecule has 1 N–H and O–H groups in total. The first-order valence-corrected chi connectivity index (χ1v) is 8.96. The van der Waals surface area contributed by atoms with Gasteiger partial charge in [0.05, 0.1) is 11.6 Å².